The Bertz CT molecular complexity index is 822. The van der Waals surface area contributed by atoms with Gasteiger partial charge >= 0.3 is 0 Å². The number of benzene rings is 1. The van der Waals surface area contributed by atoms with Crippen molar-refractivity contribution in [2.24, 2.45) is 5.92 Å². The summed E-state index contributed by atoms with van der Waals surface area (Å²) in [7, 11) is 3.88. The summed E-state index contributed by atoms with van der Waals surface area (Å²) in [5.74, 6) is 1.10. The minimum absolute atomic E-state index is 0.0129. The van der Waals surface area contributed by atoms with E-state index in [0.717, 1.165) is 36.2 Å². The third-order valence-corrected chi connectivity index (χ3v) is 5.19. The summed E-state index contributed by atoms with van der Waals surface area (Å²) in [6.07, 6.45) is 3.88. The number of piperidine rings is 1. The first-order valence-corrected chi connectivity index (χ1v) is 9.83. The summed E-state index contributed by atoms with van der Waals surface area (Å²) in [4.78, 5) is 25.8. The number of carbonyl (C=O) groups is 1. The van der Waals surface area contributed by atoms with Crippen molar-refractivity contribution >= 4 is 23.5 Å². The normalized spacial score (nSPS) is 17.3. The van der Waals surface area contributed by atoms with Crippen LogP contribution in [0.2, 0.25) is 5.02 Å². The summed E-state index contributed by atoms with van der Waals surface area (Å²) in [5, 5.41) is 0.690. The number of aromatic nitrogens is 2. The van der Waals surface area contributed by atoms with E-state index < -0.39 is 0 Å². The molecular formula is C21H27ClN4O. The van der Waals surface area contributed by atoms with Gasteiger partial charge in [-0.2, -0.15) is 0 Å². The van der Waals surface area contributed by atoms with Crippen molar-refractivity contribution < 1.29 is 4.79 Å². The molecule has 3 rings (SSSR count). The van der Waals surface area contributed by atoms with E-state index in [2.05, 4.69) is 4.98 Å². The number of anilines is 1. The quantitative estimate of drug-likeness (QED) is 0.789. The molecule has 0 radical (unpaired) electrons. The van der Waals surface area contributed by atoms with Crippen molar-refractivity contribution in [2.45, 2.75) is 32.6 Å². The summed E-state index contributed by atoms with van der Waals surface area (Å²) < 4.78 is 0. The van der Waals surface area contributed by atoms with Crippen LogP contribution < -0.4 is 4.90 Å². The van der Waals surface area contributed by atoms with Gasteiger partial charge in [-0.15, -0.1) is 0 Å². The molecule has 2 aromatic rings. The molecule has 2 heterocycles. The molecule has 1 fully saturated rings. The van der Waals surface area contributed by atoms with Crippen LogP contribution in [0.3, 0.4) is 0 Å². The van der Waals surface area contributed by atoms with E-state index in [0.29, 0.717) is 17.5 Å². The lowest BCUT2D eigenvalue weighted by Crippen LogP contribution is -2.41. The standard InChI is InChI=1S/C21H27ClN4O/c1-14(2)20(27)26-10-6-8-16(13-26)19-18(12-23-21(24-19)25(3)4)15-7-5-9-17(22)11-15/h5,7,9,11-12,14,16H,6,8,10,13H2,1-4H3/t16-/m0/s1. The van der Waals surface area contributed by atoms with E-state index in [1.807, 2.05) is 68.2 Å². The number of amides is 1. The highest BCUT2D eigenvalue weighted by atomic mass is 35.5. The summed E-state index contributed by atoms with van der Waals surface area (Å²) in [5.41, 5.74) is 3.00. The molecule has 0 bridgehead atoms. The lowest BCUT2D eigenvalue weighted by atomic mass is 9.89. The van der Waals surface area contributed by atoms with Crippen LogP contribution in [0, 0.1) is 5.92 Å². The Hall–Kier alpha value is -2.14. The highest BCUT2D eigenvalue weighted by Crippen LogP contribution is 2.35. The van der Waals surface area contributed by atoms with Crippen LogP contribution in [0.4, 0.5) is 5.95 Å². The fourth-order valence-electron chi connectivity index (χ4n) is 3.56. The molecule has 0 spiro atoms. The number of likely N-dealkylation sites (tertiary alicyclic amines) is 1. The monoisotopic (exact) mass is 386 g/mol. The average Bonchev–Trinajstić information content (AvgIpc) is 2.67. The Morgan fingerprint density at radius 3 is 2.78 bits per heavy atom. The van der Waals surface area contributed by atoms with Gasteiger partial charge in [0.25, 0.3) is 0 Å². The van der Waals surface area contributed by atoms with Gasteiger partial charge in [-0.1, -0.05) is 37.6 Å². The van der Waals surface area contributed by atoms with E-state index in [1.165, 1.54) is 0 Å². The second kappa shape index (κ2) is 8.26. The van der Waals surface area contributed by atoms with Gasteiger partial charge in [0.1, 0.15) is 0 Å². The van der Waals surface area contributed by atoms with E-state index in [-0.39, 0.29) is 17.7 Å². The molecule has 5 nitrogen and oxygen atoms in total. The summed E-state index contributed by atoms with van der Waals surface area (Å²) in [6, 6.07) is 7.78. The van der Waals surface area contributed by atoms with E-state index >= 15 is 0 Å². The van der Waals surface area contributed by atoms with Gasteiger partial charge in [-0.05, 0) is 30.5 Å². The van der Waals surface area contributed by atoms with Crippen LogP contribution in [0.1, 0.15) is 38.3 Å². The van der Waals surface area contributed by atoms with E-state index in [1.54, 1.807) is 0 Å². The SMILES string of the molecule is CC(C)C(=O)N1CCC[C@H](c2nc(N(C)C)ncc2-c2cccc(Cl)c2)C1. The van der Waals surface area contributed by atoms with Crippen LogP contribution in [-0.4, -0.2) is 48.0 Å². The third-order valence-electron chi connectivity index (χ3n) is 4.95. The Morgan fingerprint density at radius 1 is 1.33 bits per heavy atom. The van der Waals surface area contributed by atoms with Crippen LogP contribution in [-0.2, 0) is 4.79 Å². The molecule has 144 valence electrons. The fourth-order valence-corrected chi connectivity index (χ4v) is 3.75. The third kappa shape index (κ3) is 4.41. The molecule has 0 saturated carbocycles. The Labute approximate surface area is 166 Å². The number of halogens is 1. The van der Waals surface area contributed by atoms with Crippen LogP contribution in [0.5, 0.6) is 0 Å². The average molecular weight is 387 g/mol. The minimum atomic E-state index is 0.0129. The molecule has 1 amide bonds. The molecule has 27 heavy (non-hydrogen) atoms. The zero-order chi connectivity index (χ0) is 19.6. The highest BCUT2D eigenvalue weighted by molar-refractivity contribution is 6.30. The Morgan fingerprint density at radius 2 is 2.11 bits per heavy atom. The lowest BCUT2D eigenvalue weighted by molar-refractivity contribution is -0.135. The minimum Gasteiger partial charge on any atom is -0.347 e. The topological polar surface area (TPSA) is 49.3 Å². The van der Waals surface area contributed by atoms with Crippen molar-refractivity contribution in [2.75, 3.05) is 32.1 Å². The first kappa shape index (κ1) is 19.6. The van der Waals surface area contributed by atoms with Crippen molar-refractivity contribution in [3.8, 4) is 11.1 Å². The largest absolute Gasteiger partial charge is 0.347 e. The van der Waals surface area contributed by atoms with Gasteiger partial charge in [0, 0.05) is 55.8 Å². The number of nitrogens with zero attached hydrogens (tertiary/aromatic N) is 4. The molecule has 1 aliphatic heterocycles. The van der Waals surface area contributed by atoms with E-state index in [4.69, 9.17) is 16.6 Å². The van der Waals surface area contributed by atoms with Crippen molar-refractivity contribution in [3.05, 3.63) is 41.2 Å². The summed E-state index contributed by atoms with van der Waals surface area (Å²) in [6.45, 7) is 5.44. The zero-order valence-corrected chi connectivity index (χ0v) is 17.2. The predicted molar refractivity (Wildman–Crippen MR) is 110 cm³/mol. The van der Waals surface area contributed by atoms with Crippen molar-refractivity contribution in [3.63, 3.8) is 0 Å². The molecule has 0 unspecified atom stereocenters. The molecule has 1 atom stereocenters. The first-order valence-electron chi connectivity index (χ1n) is 9.45. The predicted octanol–water partition coefficient (Wildman–Crippen LogP) is 4.23. The van der Waals surface area contributed by atoms with Crippen molar-refractivity contribution in [1.82, 2.24) is 14.9 Å². The van der Waals surface area contributed by atoms with Crippen LogP contribution in [0.15, 0.2) is 30.5 Å². The van der Waals surface area contributed by atoms with Crippen LogP contribution in [0.25, 0.3) is 11.1 Å². The van der Waals surface area contributed by atoms with Crippen LogP contribution >= 0.6 is 11.6 Å². The molecule has 1 saturated heterocycles. The maximum atomic E-state index is 12.5. The smallest absolute Gasteiger partial charge is 0.225 e. The highest BCUT2D eigenvalue weighted by Gasteiger charge is 2.29. The van der Waals surface area contributed by atoms with E-state index in [9.17, 15) is 4.79 Å². The number of hydrogen-bond donors (Lipinski definition) is 0. The molecule has 6 heteroatoms. The number of carbonyl (C=O) groups excluding carboxylic acids is 1. The molecule has 1 aliphatic rings. The number of rotatable bonds is 4. The second-order valence-corrected chi connectivity index (χ2v) is 8.09. The zero-order valence-electron chi connectivity index (χ0n) is 16.4. The van der Waals surface area contributed by atoms with Gasteiger partial charge in [-0.3, -0.25) is 4.79 Å². The van der Waals surface area contributed by atoms with Gasteiger partial charge in [-0.25, -0.2) is 9.97 Å². The van der Waals surface area contributed by atoms with Crippen molar-refractivity contribution in [1.29, 1.82) is 0 Å². The van der Waals surface area contributed by atoms with Gasteiger partial charge in [0.15, 0.2) is 0 Å². The first-order chi connectivity index (χ1) is 12.9. The van der Waals surface area contributed by atoms with Gasteiger partial charge in [0.05, 0.1) is 5.69 Å². The maximum Gasteiger partial charge on any atom is 0.225 e. The molecule has 0 N–H and O–H groups in total. The molecule has 1 aromatic carbocycles. The maximum absolute atomic E-state index is 12.5. The lowest BCUT2D eigenvalue weighted by Gasteiger charge is -2.34. The number of hydrogen-bond acceptors (Lipinski definition) is 4. The van der Waals surface area contributed by atoms with Gasteiger partial charge < -0.3 is 9.80 Å². The Balaban J connectivity index is 2.01. The molecule has 1 aromatic heterocycles. The Kier molecular flexibility index (Phi) is 6.00. The van der Waals surface area contributed by atoms with Gasteiger partial charge in [0.2, 0.25) is 11.9 Å². The molecule has 0 aliphatic carbocycles. The summed E-state index contributed by atoms with van der Waals surface area (Å²) >= 11 is 6.21. The second-order valence-electron chi connectivity index (χ2n) is 7.65. The fraction of sp³-hybridized carbons (Fsp3) is 0.476. The molecular weight excluding hydrogens is 360 g/mol.